The molecule has 0 spiro atoms. The zero-order valence-electron chi connectivity index (χ0n) is 16.1. The van der Waals surface area contributed by atoms with Gasteiger partial charge in [0.2, 0.25) is 5.91 Å². The van der Waals surface area contributed by atoms with Crippen molar-refractivity contribution in [2.75, 3.05) is 17.7 Å². The maximum Gasteiger partial charge on any atom is 0.337 e. The Morgan fingerprint density at radius 2 is 1.62 bits per heavy atom. The van der Waals surface area contributed by atoms with E-state index in [0.717, 1.165) is 18.4 Å². The summed E-state index contributed by atoms with van der Waals surface area (Å²) in [6.07, 6.45) is 1.85. The van der Waals surface area contributed by atoms with Crippen LogP contribution in [-0.2, 0) is 9.53 Å². The van der Waals surface area contributed by atoms with E-state index in [9.17, 15) is 14.4 Å². The summed E-state index contributed by atoms with van der Waals surface area (Å²) in [6.45, 7) is 1.86. The number of anilines is 2. The van der Waals surface area contributed by atoms with Gasteiger partial charge in [0.05, 0.1) is 12.7 Å². The second-order valence-electron chi connectivity index (χ2n) is 6.72. The summed E-state index contributed by atoms with van der Waals surface area (Å²) in [5, 5.41) is 8.59. The Morgan fingerprint density at radius 1 is 1.00 bits per heavy atom. The SMILES string of the molecule is COC(=O)c1cccc(C(=O)NC(=S)Nc2cccc(NC(=O)C3CC3)c2C)c1. The molecule has 0 aromatic heterocycles. The summed E-state index contributed by atoms with van der Waals surface area (Å²) in [7, 11) is 1.28. The van der Waals surface area contributed by atoms with Crippen LogP contribution in [0, 0.1) is 12.8 Å². The Kier molecular flexibility index (Phi) is 6.23. The molecule has 1 fully saturated rings. The van der Waals surface area contributed by atoms with E-state index in [1.807, 2.05) is 13.0 Å². The average molecular weight is 411 g/mol. The average Bonchev–Trinajstić information content (AvgIpc) is 3.56. The molecule has 150 valence electrons. The van der Waals surface area contributed by atoms with Crippen molar-refractivity contribution in [3.05, 3.63) is 59.2 Å². The molecular formula is C21H21N3O4S. The third-order valence-corrected chi connectivity index (χ3v) is 4.77. The van der Waals surface area contributed by atoms with E-state index in [0.29, 0.717) is 11.4 Å². The maximum absolute atomic E-state index is 12.4. The lowest BCUT2D eigenvalue weighted by molar-refractivity contribution is -0.117. The Hall–Kier alpha value is -3.26. The summed E-state index contributed by atoms with van der Waals surface area (Å²) < 4.78 is 4.66. The highest BCUT2D eigenvalue weighted by Crippen LogP contribution is 2.31. The van der Waals surface area contributed by atoms with E-state index >= 15 is 0 Å². The van der Waals surface area contributed by atoms with Crippen molar-refractivity contribution in [3.63, 3.8) is 0 Å². The topological polar surface area (TPSA) is 96.5 Å². The molecule has 0 heterocycles. The Morgan fingerprint density at radius 3 is 2.28 bits per heavy atom. The lowest BCUT2D eigenvalue weighted by atomic mass is 10.1. The minimum absolute atomic E-state index is 0.0200. The first-order valence-corrected chi connectivity index (χ1v) is 9.51. The van der Waals surface area contributed by atoms with Crippen molar-refractivity contribution < 1.29 is 19.1 Å². The summed E-state index contributed by atoms with van der Waals surface area (Å²) >= 11 is 5.24. The largest absolute Gasteiger partial charge is 0.465 e. The summed E-state index contributed by atoms with van der Waals surface area (Å²) in [4.78, 5) is 36.1. The maximum atomic E-state index is 12.4. The number of thiocarbonyl (C=S) groups is 1. The molecule has 1 saturated carbocycles. The zero-order chi connectivity index (χ0) is 21.0. The number of amides is 2. The molecule has 1 aliphatic carbocycles. The number of hydrogen-bond acceptors (Lipinski definition) is 5. The predicted octanol–water partition coefficient (Wildman–Crippen LogP) is 3.26. The van der Waals surface area contributed by atoms with E-state index < -0.39 is 11.9 Å². The normalized spacial score (nSPS) is 12.6. The van der Waals surface area contributed by atoms with Crippen LogP contribution in [0.2, 0.25) is 0 Å². The van der Waals surface area contributed by atoms with Crippen molar-refractivity contribution in [1.82, 2.24) is 5.32 Å². The number of nitrogens with one attached hydrogen (secondary N) is 3. The molecular weight excluding hydrogens is 390 g/mol. The highest BCUT2D eigenvalue weighted by atomic mass is 32.1. The summed E-state index contributed by atoms with van der Waals surface area (Å²) in [5.41, 5.74) is 2.73. The van der Waals surface area contributed by atoms with Crippen LogP contribution in [0.5, 0.6) is 0 Å². The molecule has 2 aromatic carbocycles. The number of ether oxygens (including phenoxy) is 1. The van der Waals surface area contributed by atoms with Crippen LogP contribution in [0.1, 0.15) is 39.1 Å². The van der Waals surface area contributed by atoms with Gasteiger partial charge in [-0.05, 0) is 67.9 Å². The minimum Gasteiger partial charge on any atom is -0.465 e. The van der Waals surface area contributed by atoms with Gasteiger partial charge in [-0.3, -0.25) is 14.9 Å². The van der Waals surface area contributed by atoms with E-state index in [2.05, 4.69) is 20.7 Å². The summed E-state index contributed by atoms with van der Waals surface area (Å²) in [5.74, 6) is -0.858. The molecule has 3 rings (SSSR count). The molecule has 0 aliphatic heterocycles. The molecule has 2 amide bonds. The van der Waals surface area contributed by atoms with Crippen molar-refractivity contribution in [1.29, 1.82) is 0 Å². The van der Waals surface area contributed by atoms with Crippen LogP contribution in [-0.4, -0.2) is 30.0 Å². The third-order valence-electron chi connectivity index (χ3n) is 4.56. The number of methoxy groups -OCH3 is 1. The fraction of sp³-hybridized carbons (Fsp3) is 0.238. The van der Waals surface area contributed by atoms with E-state index in [1.165, 1.54) is 13.2 Å². The summed E-state index contributed by atoms with van der Waals surface area (Å²) in [6, 6.07) is 11.6. The predicted molar refractivity (Wildman–Crippen MR) is 114 cm³/mol. The van der Waals surface area contributed by atoms with Crippen LogP contribution in [0.25, 0.3) is 0 Å². The van der Waals surface area contributed by atoms with Gasteiger partial charge in [0, 0.05) is 22.9 Å². The van der Waals surface area contributed by atoms with E-state index in [-0.39, 0.29) is 28.1 Å². The van der Waals surface area contributed by atoms with Crippen molar-refractivity contribution >= 4 is 46.5 Å². The molecule has 0 atom stereocenters. The molecule has 0 radical (unpaired) electrons. The van der Waals surface area contributed by atoms with Gasteiger partial charge >= 0.3 is 5.97 Å². The quantitative estimate of drug-likeness (QED) is 0.516. The number of esters is 1. The highest BCUT2D eigenvalue weighted by molar-refractivity contribution is 7.80. The molecule has 3 N–H and O–H groups in total. The van der Waals surface area contributed by atoms with Gasteiger partial charge in [-0.1, -0.05) is 12.1 Å². The molecule has 29 heavy (non-hydrogen) atoms. The first-order chi connectivity index (χ1) is 13.9. The third kappa shape index (κ3) is 5.17. The van der Waals surface area contributed by atoms with Gasteiger partial charge in [-0.2, -0.15) is 0 Å². The van der Waals surface area contributed by atoms with Gasteiger partial charge in [0.1, 0.15) is 0 Å². The fourth-order valence-electron chi connectivity index (χ4n) is 2.72. The van der Waals surface area contributed by atoms with Gasteiger partial charge in [-0.25, -0.2) is 4.79 Å². The first kappa shape index (κ1) is 20.5. The number of benzene rings is 2. The molecule has 1 aliphatic rings. The molecule has 0 saturated heterocycles. The lowest BCUT2D eigenvalue weighted by Crippen LogP contribution is -2.34. The fourth-order valence-corrected chi connectivity index (χ4v) is 2.92. The molecule has 0 bridgehead atoms. The van der Waals surface area contributed by atoms with Gasteiger partial charge in [0.15, 0.2) is 5.11 Å². The molecule has 2 aromatic rings. The Bertz CT molecular complexity index is 986. The number of carbonyl (C=O) groups is 3. The number of carbonyl (C=O) groups excluding carboxylic acids is 3. The van der Waals surface area contributed by atoms with Crippen molar-refractivity contribution in [3.8, 4) is 0 Å². The highest BCUT2D eigenvalue weighted by Gasteiger charge is 2.29. The Labute approximate surface area is 173 Å². The van der Waals surface area contributed by atoms with Crippen molar-refractivity contribution in [2.45, 2.75) is 19.8 Å². The molecule has 0 unspecified atom stereocenters. The van der Waals surface area contributed by atoms with Crippen molar-refractivity contribution in [2.24, 2.45) is 5.92 Å². The van der Waals surface area contributed by atoms with Gasteiger partial charge in [0.25, 0.3) is 5.91 Å². The van der Waals surface area contributed by atoms with Gasteiger partial charge in [-0.15, -0.1) is 0 Å². The van der Waals surface area contributed by atoms with Crippen LogP contribution in [0.15, 0.2) is 42.5 Å². The minimum atomic E-state index is -0.527. The van der Waals surface area contributed by atoms with Gasteiger partial charge < -0.3 is 15.4 Å². The Balaban J connectivity index is 1.65. The van der Waals surface area contributed by atoms with E-state index in [4.69, 9.17) is 12.2 Å². The first-order valence-electron chi connectivity index (χ1n) is 9.10. The van der Waals surface area contributed by atoms with Crippen LogP contribution >= 0.6 is 12.2 Å². The van der Waals surface area contributed by atoms with Crippen LogP contribution in [0.4, 0.5) is 11.4 Å². The second kappa shape index (κ2) is 8.83. The zero-order valence-corrected chi connectivity index (χ0v) is 16.9. The van der Waals surface area contributed by atoms with E-state index in [1.54, 1.807) is 30.3 Å². The standard InChI is InChI=1S/C21H21N3O4S/c1-12-16(22-18(25)13-9-10-13)7-4-8-17(12)23-21(29)24-19(26)14-5-3-6-15(11-14)20(27)28-2/h3-8,11,13H,9-10H2,1-2H3,(H,22,25)(H2,23,24,26,29). The molecule has 8 heteroatoms. The monoisotopic (exact) mass is 411 g/mol. The second-order valence-corrected chi connectivity index (χ2v) is 7.13. The van der Waals surface area contributed by atoms with Crippen LogP contribution in [0.3, 0.4) is 0 Å². The lowest BCUT2D eigenvalue weighted by Gasteiger charge is -2.15. The molecule has 7 nitrogen and oxygen atoms in total. The number of rotatable bonds is 5. The smallest absolute Gasteiger partial charge is 0.337 e. The number of hydrogen-bond donors (Lipinski definition) is 3. The van der Waals surface area contributed by atoms with Crippen LogP contribution < -0.4 is 16.0 Å².